The van der Waals surface area contributed by atoms with Crippen LogP contribution in [-0.2, 0) is 4.79 Å². The van der Waals surface area contributed by atoms with Gasteiger partial charge in [-0.3, -0.25) is 4.79 Å². The SMILES string of the molecule is Cc1cc(NC(=O)CCC(C)N)ccc1OC(C)C.Cl. The van der Waals surface area contributed by atoms with Crippen molar-refractivity contribution in [3.05, 3.63) is 23.8 Å². The van der Waals surface area contributed by atoms with Gasteiger partial charge in [0.2, 0.25) is 5.91 Å². The van der Waals surface area contributed by atoms with Crippen molar-refractivity contribution in [1.82, 2.24) is 0 Å². The molecule has 0 aliphatic rings. The molecule has 1 aromatic carbocycles. The van der Waals surface area contributed by atoms with Gasteiger partial charge in [0, 0.05) is 18.2 Å². The third-order valence-corrected chi connectivity index (χ3v) is 2.65. The summed E-state index contributed by atoms with van der Waals surface area (Å²) in [4.78, 5) is 11.7. The maximum atomic E-state index is 11.7. The van der Waals surface area contributed by atoms with E-state index in [0.717, 1.165) is 17.0 Å². The fourth-order valence-corrected chi connectivity index (χ4v) is 1.70. The molecule has 20 heavy (non-hydrogen) atoms. The number of halogens is 1. The fraction of sp³-hybridized carbons (Fsp3) is 0.533. The molecule has 0 aromatic heterocycles. The molecule has 0 saturated heterocycles. The summed E-state index contributed by atoms with van der Waals surface area (Å²) in [6, 6.07) is 5.71. The largest absolute Gasteiger partial charge is 0.491 e. The van der Waals surface area contributed by atoms with Crippen LogP contribution in [0.25, 0.3) is 0 Å². The predicted octanol–water partition coefficient (Wildman–Crippen LogP) is 3.27. The molecule has 0 aliphatic carbocycles. The van der Waals surface area contributed by atoms with E-state index in [0.29, 0.717) is 12.8 Å². The van der Waals surface area contributed by atoms with Gasteiger partial charge in [0.25, 0.3) is 0 Å². The molecule has 0 spiro atoms. The van der Waals surface area contributed by atoms with Crippen molar-refractivity contribution >= 4 is 24.0 Å². The van der Waals surface area contributed by atoms with Crippen LogP contribution in [0.1, 0.15) is 39.2 Å². The van der Waals surface area contributed by atoms with Crippen molar-refractivity contribution in [2.75, 3.05) is 5.32 Å². The molecule has 0 saturated carbocycles. The Morgan fingerprint density at radius 2 is 2.00 bits per heavy atom. The number of nitrogens with two attached hydrogens (primary N) is 1. The summed E-state index contributed by atoms with van der Waals surface area (Å²) < 4.78 is 5.65. The fourth-order valence-electron chi connectivity index (χ4n) is 1.70. The molecule has 5 heteroatoms. The van der Waals surface area contributed by atoms with Crippen molar-refractivity contribution in [2.45, 2.75) is 52.7 Å². The number of hydrogen-bond acceptors (Lipinski definition) is 3. The number of ether oxygens (including phenoxy) is 1. The van der Waals surface area contributed by atoms with Crippen molar-refractivity contribution in [1.29, 1.82) is 0 Å². The molecule has 0 bridgehead atoms. The van der Waals surface area contributed by atoms with Gasteiger partial charge in [-0.15, -0.1) is 12.4 Å². The summed E-state index contributed by atoms with van der Waals surface area (Å²) in [6.07, 6.45) is 1.28. The number of aryl methyl sites for hydroxylation is 1. The Bertz CT molecular complexity index is 434. The van der Waals surface area contributed by atoms with Gasteiger partial charge >= 0.3 is 0 Å². The summed E-state index contributed by atoms with van der Waals surface area (Å²) in [5.41, 5.74) is 7.44. The first-order valence-electron chi connectivity index (χ1n) is 6.71. The Balaban J connectivity index is 0.00000361. The molecule has 1 amide bonds. The number of benzene rings is 1. The Kier molecular flexibility index (Phi) is 8.26. The highest BCUT2D eigenvalue weighted by Gasteiger charge is 2.07. The average molecular weight is 301 g/mol. The minimum absolute atomic E-state index is 0. The van der Waals surface area contributed by atoms with E-state index in [4.69, 9.17) is 10.5 Å². The molecule has 0 aliphatic heterocycles. The van der Waals surface area contributed by atoms with Gasteiger partial charge < -0.3 is 15.8 Å². The lowest BCUT2D eigenvalue weighted by Crippen LogP contribution is -2.19. The highest BCUT2D eigenvalue weighted by molar-refractivity contribution is 5.90. The first-order chi connectivity index (χ1) is 8.88. The molecule has 0 radical (unpaired) electrons. The van der Waals surface area contributed by atoms with E-state index in [1.807, 2.05) is 45.9 Å². The second-order valence-corrected chi connectivity index (χ2v) is 5.21. The van der Waals surface area contributed by atoms with Gasteiger partial charge in [-0.2, -0.15) is 0 Å². The van der Waals surface area contributed by atoms with Crippen LogP contribution >= 0.6 is 12.4 Å². The zero-order valence-electron chi connectivity index (χ0n) is 12.6. The minimum atomic E-state index is -0.00534. The molecule has 114 valence electrons. The van der Waals surface area contributed by atoms with Crippen LogP contribution in [0, 0.1) is 6.92 Å². The lowest BCUT2D eigenvalue weighted by molar-refractivity contribution is -0.116. The standard InChI is InChI=1S/C15H24N2O2.ClH/c1-10(2)19-14-7-6-13(9-11(14)3)17-15(18)8-5-12(4)16;/h6-7,9-10,12H,5,8,16H2,1-4H3,(H,17,18);1H. The van der Waals surface area contributed by atoms with E-state index in [9.17, 15) is 4.79 Å². The zero-order valence-corrected chi connectivity index (χ0v) is 13.4. The van der Waals surface area contributed by atoms with E-state index < -0.39 is 0 Å². The average Bonchev–Trinajstić information content (AvgIpc) is 2.29. The lowest BCUT2D eigenvalue weighted by atomic mass is 10.1. The Hall–Kier alpha value is -1.26. The molecule has 1 aromatic rings. The smallest absolute Gasteiger partial charge is 0.224 e. The maximum absolute atomic E-state index is 11.7. The summed E-state index contributed by atoms with van der Waals surface area (Å²) in [5, 5.41) is 2.87. The summed E-state index contributed by atoms with van der Waals surface area (Å²) in [6.45, 7) is 7.84. The first kappa shape index (κ1) is 18.7. The van der Waals surface area contributed by atoms with Crippen molar-refractivity contribution < 1.29 is 9.53 Å². The number of rotatable bonds is 6. The number of anilines is 1. The van der Waals surface area contributed by atoms with Gasteiger partial charge in [-0.05, 0) is 57.9 Å². The van der Waals surface area contributed by atoms with E-state index in [1.54, 1.807) is 0 Å². The van der Waals surface area contributed by atoms with Crippen molar-refractivity contribution in [2.24, 2.45) is 5.73 Å². The molecule has 0 fully saturated rings. The molecule has 3 N–H and O–H groups in total. The third-order valence-electron chi connectivity index (χ3n) is 2.65. The van der Waals surface area contributed by atoms with Crippen LogP contribution < -0.4 is 15.8 Å². The highest BCUT2D eigenvalue weighted by atomic mass is 35.5. The van der Waals surface area contributed by atoms with Gasteiger partial charge in [0.1, 0.15) is 5.75 Å². The Morgan fingerprint density at radius 3 is 2.50 bits per heavy atom. The molecule has 4 nitrogen and oxygen atoms in total. The second kappa shape index (κ2) is 8.82. The molecule has 1 unspecified atom stereocenters. The highest BCUT2D eigenvalue weighted by Crippen LogP contribution is 2.23. The summed E-state index contributed by atoms with van der Waals surface area (Å²) in [7, 11) is 0. The predicted molar refractivity (Wildman–Crippen MR) is 85.7 cm³/mol. The second-order valence-electron chi connectivity index (χ2n) is 5.21. The van der Waals surface area contributed by atoms with Gasteiger partial charge in [0.05, 0.1) is 6.10 Å². The van der Waals surface area contributed by atoms with Gasteiger partial charge in [-0.1, -0.05) is 0 Å². The number of hydrogen-bond donors (Lipinski definition) is 2. The third kappa shape index (κ3) is 6.78. The van der Waals surface area contributed by atoms with Crippen molar-refractivity contribution in [3.63, 3.8) is 0 Å². The molecule has 1 rings (SSSR count). The first-order valence-corrected chi connectivity index (χ1v) is 6.71. The maximum Gasteiger partial charge on any atom is 0.224 e. The minimum Gasteiger partial charge on any atom is -0.491 e. The quantitative estimate of drug-likeness (QED) is 0.847. The molecular formula is C15H25ClN2O2. The van der Waals surface area contributed by atoms with Crippen LogP contribution in [-0.4, -0.2) is 18.1 Å². The van der Waals surface area contributed by atoms with Crippen LogP contribution in [0.5, 0.6) is 5.75 Å². The van der Waals surface area contributed by atoms with Crippen LogP contribution in [0.2, 0.25) is 0 Å². The Labute approximate surface area is 127 Å². The van der Waals surface area contributed by atoms with Crippen molar-refractivity contribution in [3.8, 4) is 5.75 Å². The zero-order chi connectivity index (χ0) is 14.4. The van der Waals surface area contributed by atoms with Gasteiger partial charge in [0.15, 0.2) is 0 Å². The number of carbonyl (C=O) groups excluding carboxylic acids is 1. The van der Waals surface area contributed by atoms with E-state index in [2.05, 4.69) is 5.32 Å². The van der Waals surface area contributed by atoms with E-state index in [-0.39, 0.29) is 30.5 Å². The molecule has 1 atom stereocenters. The van der Waals surface area contributed by atoms with Crippen LogP contribution in [0.15, 0.2) is 18.2 Å². The van der Waals surface area contributed by atoms with Gasteiger partial charge in [-0.25, -0.2) is 0 Å². The number of carbonyl (C=O) groups is 1. The molecular weight excluding hydrogens is 276 g/mol. The summed E-state index contributed by atoms with van der Waals surface area (Å²) in [5.74, 6) is 0.845. The van der Waals surface area contributed by atoms with E-state index >= 15 is 0 Å². The Morgan fingerprint density at radius 1 is 1.35 bits per heavy atom. The normalized spacial score (nSPS) is 11.7. The topological polar surface area (TPSA) is 64.4 Å². The lowest BCUT2D eigenvalue weighted by Gasteiger charge is -2.14. The number of amides is 1. The van der Waals surface area contributed by atoms with Crippen LogP contribution in [0.3, 0.4) is 0 Å². The summed E-state index contributed by atoms with van der Waals surface area (Å²) >= 11 is 0. The van der Waals surface area contributed by atoms with Crippen LogP contribution in [0.4, 0.5) is 5.69 Å². The van der Waals surface area contributed by atoms with E-state index in [1.165, 1.54) is 0 Å². The monoisotopic (exact) mass is 300 g/mol. The molecule has 0 heterocycles. The number of nitrogens with one attached hydrogen (secondary N) is 1.